The Balaban J connectivity index is 1.99. The summed E-state index contributed by atoms with van der Waals surface area (Å²) in [4.78, 5) is 0. The van der Waals surface area contributed by atoms with E-state index >= 15 is 0 Å². The lowest BCUT2D eigenvalue weighted by Crippen LogP contribution is -2.07. The fourth-order valence-corrected chi connectivity index (χ4v) is 2.92. The highest BCUT2D eigenvalue weighted by molar-refractivity contribution is 6.30. The molecule has 6 heteroatoms. The minimum atomic E-state index is -0.868. The number of halogens is 3. The van der Waals surface area contributed by atoms with Gasteiger partial charge < -0.3 is 9.63 Å². The predicted octanol–water partition coefficient (Wildman–Crippen LogP) is 6.62. The van der Waals surface area contributed by atoms with Crippen LogP contribution < -0.4 is 0 Å². The van der Waals surface area contributed by atoms with Crippen LogP contribution in [0.1, 0.15) is 32.8 Å². The van der Waals surface area contributed by atoms with Gasteiger partial charge in [-0.25, -0.2) is 8.78 Å². The third kappa shape index (κ3) is 4.30. The normalized spacial score (nSPS) is 11.8. The number of rotatable bonds is 4. The van der Waals surface area contributed by atoms with Crippen molar-refractivity contribution in [1.29, 1.82) is 0 Å². The van der Waals surface area contributed by atoms with E-state index in [1.165, 1.54) is 0 Å². The van der Waals surface area contributed by atoms with Crippen molar-refractivity contribution >= 4 is 11.6 Å². The highest BCUT2D eigenvalue weighted by Gasteiger charge is 2.19. The molecule has 0 fully saturated rings. The minimum absolute atomic E-state index is 0.104. The lowest BCUT2D eigenvalue weighted by molar-refractivity contribution is 0.374. The van der Waals surface area contributed by atoms with Gasteiger partial charge in [0.15, 0.2) is 5.76 Å². The van der Waals surface area contributed by atoms with Gasteiger partial charge >= 0.3 is 0 Å². The number of nitrogens with zero attached hydrogens (tertiary/aromatic N) is 1. The summed E-state index contributed by atoms with van der Waals surface area (Å²) in [6.07, 6.45) is 1.54. The van der Waals surface area contributed by atoms with Gasteiger partial charge in [-0.3, -0.25) is 0 Å². The number of aromatic nitrogens is 1. The third-order valence-corrected chi connectivity index (χ3v) is 4.69. The molecule has 0 spiro atoms. The minimum Gasteiger partial charge on any atom is -0.508 e. The van der Waals surface area contributed by atoms with E-state index in [9.17, 15) is 13.9 Å². The first kappa shape index (κ1) is 19.4. The zero-order valence-electron chi connectivity index (χ0n) is 15.3. The van der Waals surface area contributed by atoms with Gasteiger partial charge in [-0.1, -0.05) is 49.7 Å². The second-order valence-corrected chi connectivity index (χ2v) is 8.07. The van der Waals surface area contributed by atoms with E-state index in [2.05, 4.69) is 25.9 Å². The Labute approximate surface area is 161 Å². The summed E-state index contributed by atoms with van der Waals surface area (Å²) in [5, 5.41) is 13.8. The number of phenolic OH excluding ortho intramolecular Hbond substituents is 1. The van der Waals surface area contributed by atoms with Gasteiger partial charge in [-0.2, -0.15) is 0 Å². The van der Waals surface area contributed by atoms with Gasteiger partial charge in [0.05, 0.1) is 0 Å². The molecule has 0 aliphatic rings. The van der Waals surface area contributed by atoms with Crippen LogP contribution in [0.5, 0.6) is 5.75 Å². The fourth-order valence-electron chi connectivity index (χ4n) is 2.81. The first-order valence-corrected chi connectivity index (χ1v) is 8.96. The Bertz CT molecular complexity index is 954. The van der Waals surface area contributed by atoms with E-state index in [0.717, 1.165) is 29.7 Å². The largest absolute Gasteiger partial charge is 0.508 e. The van der Waals surface area contributed by atoms with Crippen molar-refractivity contribution in [2.24, 2.45) is 5.41 Å². The van der Waals surface area contributed by atoms with Crippen LogP contribution in [0.2, 0.25) is 5.02 Å². The summed E-state index contributed by atoms with van der Waals surface area (Å²) < 4.78 is 32.7. The first-order chi connectivity index (χ1) is 12.7. The van der Waals surface area contributed by atoms with Crippen molar-refractivity contribution in [2.45, 2.75) is 33.6 Å². The molecule has 0 saturated heterocycles. The van der Waals surface area contributed by atoms with E-state index < -0.39 is 16.7 Å². The summed E-state index contributed by atoms with van der Waals surface area (Å²) in [6.45, 7) is 6.39. The molecule has 3 nitrogen and oxygen atoms in total. The molecular weight excluding hydrogens is 372 g/mol. The van der Waals surface area contributed by atoms with E-state index in [4.69, 9.17) is 16.1 Å². The zero-order chi connectivity index (χ0) is 19.8. The predicted molar refractivity (Wildman–Crippen MR) is 102 cm³/mol. The molecule has 1 aromatic heterocycles. The summed E-state index contributed by atoms with van der Waals surface area (Å²) in [5.74, 6) is -1.34. The molecule has 0 aliphatic carbocycles. The maximum absolute atomic E-state index is 13.7. The molecule has 1 N–H and O–H groups in total. The fraction of sp³-hybridized carbons (Fsp3) is 0.286. The molecule has 2 aromatic carbocycles. The van der Waals surface area contributed by atoms with Gasteiger partial charge in [-0.15, -0.1) is 0 Å². The van der Waals surface area contributed by atoms with Crippen molar-refractivity contribution in [3.05, 3.63) is 58.6 Å². The monoisotopic (exact) mass is 391 g/mol. The van der Waals surface area contributed by atoms with Crippen LogP contribution in [0.25, 0.3) is 22.6 Å². The molecule has 0 radical (unpaired) electrons. The highest BCUT2D eigenvalue weighted by Crippen LogP contribution is 2.35. The van der Waals surface area contributed by atoms with Gasteiger partial charge in [0.1, 0.15) is 28.1 Å². The summed E-state index contributed by atoms with van der Waals surface area (Å²) in [6, 6.07) is 8.98. The van der Waals surface area contributed by atoms with Crippen molar-refractivity contribution in [1.82, 2.24) is 5.16 Å². The molecule has 0 saturated carbocycles. The van der Waals surface area contributed by atoms with Crippen LogP contribution in [0.4, 0.5) is 8.78 Å². The molecule has 142 valence electrons. The average Bonchev–Trinajstić information content (AvgIpc) is 3.07. The number of benzene rings is 2. The molecule has 27 heavy (non-hydrogen) atoms. The maximum atomic E-state index is 13.7. The standard InChI is InChI=1S/C21H20ClF2NO2/c1-21(2,3)8-7-14-13(5-4-6-18(14)26)17-11-19(27-25-17)12-9-15(23)20(22)16(24)10-12/h4-6,9-11,26H,7-8H2,1-3H3. The third-order valence-electron chi connectivity index (χ3n) is 4.33. The van der Waals surface area contributed by atoms with Gasteiger partial charge in [0.25, 0.3) is 0 Å². The molecular formula is C21H20ClF2NO2. The van der Waals surface area contributed by atoms with E-state index in [1.807, 2.05) is 6.07 Å². The van der Waals surface area contributed by atoms with Crippen molar-refractivity contribution in [3.63, 3.8) is 0 Å². The SMILES string of the molecule is CC(C)(C)CCc1c(O)cccc1-c1cc(-c2cc(F)c(Cl)c(F)c2)on1. The van der Waals surface area contributed by atoms with Crippen LogP contribution in [-0.4, -0.2) is 10.3 Å². The molecule has 1 heterocycles. The van der Waals surface area contributed by atoms with Gasteiger partial charge in [0, 0.05) is 22.8 Å². The molecule has 0 atom stereocenters. The second-order valence-electron chi connectivity index (χ2n) is 7.69. The summed E-state index contributed by atoms with van der Waals surface area (Å²) in [7, 11) is 0. The quantitative estimate of drug-likeness (QED) is 0.508. The Kier molecular flexibility index (Phi) is 5.24. The Morgan fingerprint density at radius 1 is 1.11 bits per heavy atom. The maximum Gasteiger partial charge on any atom is 0.167 e. The highest BCUT2D eigenvalue weighted by atomic mass is 35.5. The smallest absolute Gasteiger partial charge is 0.167 e. The van der Waals surface area contributed by atoms with Crippen LogP contribution in [-0.2, 0) is 6.42 Å². The first-order valence-electron chi connectivity index (χ1n) is 8.58. The van der Waals surface area contributed by atoms with Crippen LogP contribution in [0, 0.1) is 17.0 Å². The Morgan fingerprint density at radius 2 is 1.78 bits per heavy atom. The lowest BCUT2D eigenvalue weighted by atomic mass is 9.87. The molecule has 0 bridgehead atoms. The summed E-state index contributed by atoms with van der Waals surface area (Å²) >= 11 is 5.52. The average molecular weight is 392 g/mol. The van der Waals surface area contributed by atoms with E-state index in [0.29, 0.717) is 12.1 Å². The van der Waals surface area contributed by atoms with Crippen molar-refractivity contribution in [2.75, 3.05) is 0 Å². The van der Waals surface area contributed by atoms with Crippen LogP contribution in [0.3, 0.4) is 0 Å². The van der Waals surface area contributed by atoms with Gasteiger partial charge in [0.2, 0.25) is 0 Å². The van der Waals surface area contributed by atoms with Crippen molar-refractivity contribution in [3.8, 4) is 28.3 Å². The second kappa shape index (κ2) is 7.31. The van der Waals surface area contributed by atoms with E-state index in [-0.39, 0.29) is 22.5 Å². The van der Waals surface area contributed by atoms with Crippen LogP contribution >= 0.6 is 11.6 Å². The number of hydrogen-bond acceptors (Lipinski definition) is 3. The topological polar surface area (TPSA) is 46.3 Å². The molecule has 0 amide bonds. The lowest BCUT2D eigenvalue weighted by Gasteiger charge is -2.19. The van der Waals surface area contributed by atoms with Crippen molar-refractivity contribution < 1.29 is 18.4 Å². The summed E-state index contributed by atoms with van der Waals surface area (Å²) in [5.41, 5.74) is 2.28. The van der Waals surface area contributed by atoms with E-state index in [1.54, 1.807) is 18.2 Å². The Hall–Kier alpha value is -2.40. The number of aromatic hydroxyl groups is 1. The molecule has 3 aromatic rings. The zero-order valence-corrected chi connectivity index (χ0v) is 16.1. The van der Waals surface area contributed by atoms with Gasteiger partial charge in [-0.05, 0) is 36.5 Å². The van der Waals surface area contributed by atoms with Crippen LogP contribution in [0.15, 0.2) is 40.9 Å². The number of phenols is 1. The number of hydrogen-bond donors (Lipinski definition) is 1. The Morgan fingerprint density at radius 3 is 2.41 bits per heavy atom. The molecule has 0 aliphatic heterocycles. The molecule has 3 rings (SSSR count). The molecule has 0 unspecified atom stereocenters.